The molecule has 0 radical (unpaired) electrons. The first-order valence-electron chi connectivity index (χ1n) is 29.0. The van der Waals surface area contributed by atoms with Crippen molar-refractivity contribution in [1.29, 1.82) is 0 Å². The summed E-state index contributed by atoms with van der Waals surface area (Å²) in [6, 6.07) is -0.878. The Labute approximate surface area is 433 Å². The van der Waals surface area contributed by atoms with Crippen LogP contribution in [0.3, 0.4) is 0 Å². The van der Waals surface area contributed by atoms with Crippen molar-refractivity contribution in [2.24, 2.45) is 0 Å². The Balaban J connectivity index is 4.31. The molecule has 0 aliphatic carbocycles. The number of nitrogens with zero attached hydrogens (tertiary/aromatic N) is 1. The molecule has 8 nitrogen and oxygen atoms in total. The molecule has 9 heteroatoms. The van der Waals surface area contributed by atoms with E-state index in [4.69, 9.17) is 9.05 Å². The first-order chi connectivity index (χ1) is 34.0. The smallest absolute Gasteiger partial charge is 0.387 e. The predicted molar refractivity (Wildman–Crippen MR) is 304 cm³/mol. The zero-order chi connectivity index (χ0) is 51.3. The van der Waals surface area contributed by atoms with E-state index in [-0.39, 0.29) is 19.1 Å². The van der Waals surface area contributed by atoms with Gasteiger partial charge in [0.15, 0.2) is 0 Å². The maximum Gasteiger partial charge on any atom is 0.472 e. The molecule has 0 aromatic rings. The highest BCUT2D eigenvalue weighted by Crippen LogP contribution is 2.43. The molecule has 3 N–H and O–H groups in total. The molecular weight excluding hydrogens is 888 g/mol. The quantitative estimate of drug-likeness (QED) is 0.0243. The van der Waals surface area contributed by atoms with E-state index in [0.717, 1.165) is 77.0 Å². The van der Waals surface area contributed by atoms with Crippen LogP contribution in [0.15, 0.2) is 85.1 Å². The lowest BCUT2D eigenvalue weighted by atomic mass is 10.0. The highest BCUT2D eigenvalue weighted by molar-refractivity contribution is 7.47. The number of nitrogens with one attached hydrogen (secondary N) is 1. The summed E-state index contributed by atoms with van der Waals surface area (Å²) in [5.41, 5.74) is 0. The fourth-order valence-electron chi connectivity index (χ4n) is 8.07. The Morgan fingerprint density at radius 1 is 0.500 bits per heavy atom. The number of phosphoric ester groups is 1. The molecule has 0 saturated heterocycles. The summed E-state index contributed by atoms with van der Waals surface area (Å²) in [5.74, 6) is -0.197. The summed E-state index contributed by atoms with van der Waals surface area (Å²) in [7, 11) is 1.54. The zero-order valence-corrected chi connectivity index (χ0v) is 47.1. The summed E-state index contributed by atoms with van der Waals surface area (Å²) in [6.45, 7) is 4.68. The zero-order valence-electron chi connectivity index (χ0n) is 46.2. The predicted octanol–water partition coefficient (Wildman–Crippen LogP) is 17.6. The highest BCUT2D eigenvalue weighted by atomic mass is 31.2. The third-order valence-electron chi connectivity index (χ3n) is 12.6. The van der Waals surface area contributed by atoms with E-state index in [2.05, 4.69) is 92.1 Å². The van der Waals surface area contributed by atoms with Crippen LogP contribution in [0.4, 0.5) is 0 Å². The number of carbonyl (C=O) groups excluding carboxylic acids is 1. The third kappa shape index (κ3) is 53.5. The van der Waals surface area contributed by atoms with Gasteiger partial charge in [-0.1, -0.05) is 240 Å². The third-order valence-corrected chi connectivity index (χ3v) is 13.6. The van der Waals surface area contributed by atoms with E-state index in [9.17, 15) is 19.4 Å². The number of hydrogen-bond acceptors (Lipinski definition) is 5. The number of hydrogen-bond donors (Lipinski definition) is 3. The van der Waals surface area contributed by atoms with E-state index >= 15 is 0 Å². The lowest BCUT2D eigenvalue weighted by molar-refractivity contribution is -0.870. The molecule has 0 aromatic heterocycles. The molecule has 0 aliphatic heterocycles. The maximum absolute atomic E-state index is 13.0. The van der Waals surface area contributed by atoms with Crippen molar-refractivity contribution in [3.8, 4) is 0 Å². The molecule has 70 heavy (non-hydrogen) atoms. The molecule has 0 fully saturated rings. The maximum atomic E-state index is 13.0. The summed E-state index contributed by atoms with van der Waals surface area (Å²) in [4.78, 5) is 23.3. The van der Waals surface area contributed by atoms with Gasteiger partial charge in [0.25, 0.3) is 0 Å². The molecule has 406 valence electrons. The van der Waals surface area contributed by atoms with Gasteiger partial charge in [-0.05, 0) is 83.5 Å². The molecule has 0 saturated carbocycles. The fourth-order valence-corrected chi connectivity index (χ4v) is 8.80. The summed E-state index contributed by atoms with van der Waals surface area (Å²) < 4.78 is 23.7. The van der Waals surface area contributed by atoms with Crippen LogP contribution in [0.25, 0.3) is 0 Å². The first-order valence-corrected chi connectivity index (χ1v) is 30.5. The Morgan fingerprint density at radius 2 is 0.871 bits per heavy atom. The normalized spacial score (nSPS) is 14.6. The Bertz CT molecular complexity index is 1410. The van der Waals surface area contributed by atoms with Crippen LogP contribution >= 0.6 is 7.82 Å². The molecule has 0 bridgehead atoms. The van der Waals surface area contributed by atoms with Crippen molar-refractivity contribution >= 4 is 13.7 Å². The summed E-state index contributed by atoms with van der Waals surface area (Å²) in [5, 5.41) is 13.9. The Morgan fingerprint density at radius 3 is 1.31 bits per heavy atom. The average molecular weight is 1000 g/mol. The minimum atomic E-state index is -4.37. The van der Waals surface area contributed by atoms with Crippen LogP contribution in [0, 0.1) is 0 Å². The van der Waals surface area contributed by atoms with Gasteiger partial charge in [0.05, 0.1) is 39.9 Å². The molecule has 0 spiro atoms. The Hall–Kier alpha value is -2.32. The molecule has 0 aliphatic rings. The van der Waals surface area contributed by atoms with Crippen molar-refractivity contribution in [3.05, 3.63) is 85.1 Å². The molecule has 0 aromatic carbocycles. The second-order valence-corrected chi connectivity index (χ2v) is 22.1. The Kier molecular flexibility index (Phi) is 49.9. The van der Waals surface area contributed by atoms with Crippen molar-refractivity contribution in [3.63, 3.8) is 0 Å². The van der Waals surface area contributed by atoms with Crippen molar-refractivity contribution < 1.29 is 32.9 Å². The molecule has 0 rings (SSSR count). The van der Waals surface area contributed by atoms with Gasteiger partial charge in [-0.25, -0.2) is 4.57 Å². The monoisotopic (exact) mass is 1000 g/mol. The summed E-state index contributed by atoms with van der Waals surface area (Å²) in [6.07, 6.45) is 72.6. The number of unbranched alkanes of at least 4 members (excludes halogenated alkanes) is 27. The number of phosphoric acid groups is 1. The van der Waals surface area contributed by atoms with Gasteiger partial charge in [-0.15, -0.1) is 0 Å². The number of likely N-dealkylation sites (N-methyl/N-ethyl adjacent to an activating group) is 1. The summed E-state index contributed by atoms with van der Waals surface area (Å²) >= 11 is 0. The lowest BCUT2D eigenvalue weighted by Gasteiger charge is -2.25. The van der Waals surface area contributed by atoms with Crippen molar-refractivity contribution in [2.75, 3.05) is 40.9 Å². The van der Waals surface area contributed by atoms with Gasteiger partial charge in [0.2, 0.25) is 5.91 Å². The number of quaternary nitrogens is 1. The minimum Gasteiger partial charge on any atom is -0.387 e. The first kappa shape index (κ1) is 67.7. The topological polar surface area (TPSA) is 105 Å². The van der Waals surface area contributed by atoms with Crippen LogP contribution in [0.2, 0.25) is 0 Å². The second-order valence-electron chi connectivity index (χ2n) is 20.6. The molecule has 3 unspecified atom stereocenters. The lowest BCUT2D eigenvalue weighted by Crippen LogP contribution is -2.45. The van der Waals surface area contributed by atoms with Crippen molar-refractivity contribution in [2.45, 2.75) is 257 Å². The number of allylic oxidation sites excluding steroid dienone is 13. The molecule has 3 atom stereocenters. The van der Waals surface area contributed by atoms with Gasteiger partial charge < -0.3 is 19.8 Å². The van der Waals surface area contributed by atoms with E-state index in [1.165, 1.54) is 148 Å². The SMILES string of the molecule is CC/C=C\C/C=C\C/C=C\C/C=C\CCCCCCCCCCCCC(=O)NC(COP(=O)(O)OCC[N+](C)(C)C)C(O)/C=C/CC/C=C/CC/C=C/CCCCCCCCCCCCCCCCC. The van der Waals surface area contributed by atoms with Crippen LogP contribution in [0.1, 0.15) is 245 Å². The van der Waals surface area contributed by atoms with Gasteiger partial charge in [0, 0.05) is 6.42 Å². The van der Waals surface area contributed by atoms with E-state index in [0.29, 0.717) is 17.4 Å². The van der Waals surface area contributed by atoms with E-state index in [1.54, 1.807) is 6.08 Å². The fraction of sp³-hybridized carbons (Fsp3) is 0.754. The number of rotatable bonds is 52. The van der Waals surface area contributed by atoms with Gasteiger partial charge >= 0.3 is 7.82 Å². The largest absolute Gasteiger partial charge is 0.472 e. The number of amides is 1. The van der Waals surface area contributed by atoms with Crippen LogP contribution in [-0.4, -0.2) is 73.4 Å². The molecule has 1 amide bonds. The van der Waals surface area contributed by atoms with E-state index < -0.39 is 20.0 Å². The van der Waals surface area contributed by atoms with Gasteiger partial charge in [-0.3, -0.25) is 13.8 Å². The number of aliphatic hydroxyl groups is 1. The van der Waals surface area contributed by atoms with Crippen LogP contribution in [-0.2, 0) is 18.4 Å². The average Bonchev–Trinajstić information content (AvgIpc) is 3.32. The molecular formula is C61H112N2O6P+. The number of aliphatic hydroxyl groups excluding tert-OH is 1. The second kappa shape index (κ2) is 51.6. The van der Waals surface area contributed by atoms with Crippen LogP contribution < -0.4 is 5.32 Å². The van der Waals surface area contributed by atoms with Crippen LogP contribution in [0.5, 0.6) is 0 Å². The number of carbonyl (C=O) groups is 1. The van der Waals surface area contributed by atoms with E-state index in [1.807, 2.05) is 27.2 Å². The highest BCUT2D eigenvalue weighted by Gasteiger charge is 2.27. The minimum absolute atomic E-state index is 0.0490. The van der Waals surface area contributed by atoms with Gasteiger partial charge in [0.1, 0.15) is 13.2 Å². The van der Waals surface area contributed by atoms with Crippen molar-refractivity contribution in [1.82, 2.24) is 5.32 Å². The van der Waals surface area contributed by atoms with Gasteiger partial charge in [-0.2, -0.15) is 0 Å². The standard InChI is InChI=1S/C61H111N2O6P/c1-6-8-10-12-14-16-18-20-22-24-26-28-30-31-33-34-36-38-40-42-44-46-48-50-52-54-60(64)59(58-69-70(66,67)68-57-56-63(3,4)5)62-61(65)55-53-51-49-47-45-43-41-39-37-35-32-29-27-25-23-21-19-17-15-13-11-9-7-2/h9,11,15,17,21,23,27,29,36,38,44,46,52,54,59-60,64H,6-8,10,12-14,16,18-20,22,24-26,28,30-35,37,39-43,45,47-51,53,55-58H2,1-5H3,(H-,62,65,66,67)/p+1/b11-9-,17-15-,23-21-,29-27-,38-36+,46-44+,54-52+. The molecule has 0 heterocycles.